The van der Waals surface area contributed by atoms with E-state index in [0.717, 1.165) is 11.4 Å². The van der Waals surface area contributed by atoms with E-state index in [9.17, 15) is 4.79 Å². The van der Waals surface area contributed by atoms with Crippen molar-refractivity contribution < 1.29 is 4.79 Å². The minimum atomic E-state index is -0.0173. The summed E-state index contributed by atoms with van der Waals surface area (Å²) in [5.74, 6) is -0.0173. The third kappa shape index (κ3) is 4.87. The molecule has 2 N–H and O–H groups in total. The minimum absolute atomic E-state index is 0.0173. The van der Waals surface area contributed by atoms with Gasteiger partial charge in [-0.15, -0.1) is 0 Å². The lowest BCUT2D eigenvalue weighted by atomic mass is 10.2. The van der Waals surface area contributed by atoms with Gasteiger partial charge in [-0.25, -0.2) is 0 Å². The number of hydrogen-bond acceptors (Lipinski definition) is 3. The van der Waals surface area contributed by atoms with Gasteiger partial charge in [-0.05, 0) is 24.3 Å². The maximum Gasteiger partial charge on any atom is 0.238 e. The number of anilines is 2. The summed E-state index contributed by atoms with van der Waals surface area (Å²) in [7, 11) is 3.97. The Hall–Kier alpha value is -1.55. The maximum atomic E-state index is 11.6. The van der Waals surface area contributed by atoms with Gasteiger partial charge in [0.1, 0.15) is 0 Å². The zero-order chi connectivity index (χ0) is 12.8. The van der Waals surface area contributed by atoms with Gasteiger partial charge in [0.2, 0.25) is 5.91 Å². The Morgan fingerprint density at radius 3 is 2.29 bits per heavy atom. The molecule has 17 heavy (non-hydrogen) atoms. The summed E-state index contributed by atoms with van der Waals surface area (Å²) < 4.78 is 0. The van der Waals surface area contributed by atoms with E-state index < -0.39 is 0 Å². The third-order valence-corrected chi connectivity index (χ3v) is 2.34. The van der Waals surface area contributed by atoms with Crippen LogP contribution in [0.1, 0.15) is 13.8 Å². The minimum Gasteiger partial charge on any atom is -0.378 e. The highest BCUT2D eigenvalue weighted by Gasteiger charge is 2.03. The summed E-state index contributed by atoms with van der Waals surface area (Å²) in [5.41, 5.74) is 1.94. The molecule has 0 aliphatic heterocycles. The molecule has 0 aliphatic rings. The fraction of sp³-hybridized carbons (Fsp3) is 0.462. The quantitative estimate of drug-likeness (QED) is 0.816. The first-order valence-electron chi connectivity index (χ1n) is 5.79. The van der Waals surface area contributed by atoms with Crippen molar-refractivity contribution in [3.05, 3.63) is 24.3 Å². The van der Waals surface area contributed by atoms with Crippen LogP contribution in [0, 0.1) is 0 Å². The molecule has 0 aliphatic carbocycles. The fourth-order valence-electron chi connectivity index (χ4n) is 1.34. The van der Waals surface area contributed by atoms with E-state index in [0.29, 0.717) is 12.6 Å². The molecule has 1 aromatic rings. The first-order chi connectivity index (χ1) is 7.99. The van der Waals surface area contributed by atoms with Gasteiger partial charge < -0.3 is 15.5 Å². The number of benzene rings is 1. The third-order valence-electron chi connectivity index (χ3n) is 2.34. The van der Waals surface area contributed by atoms with Gasteiger partial charge in [-0.3, -0.25) is 4.79 Å². The monoisotopic (exact) mass is 235 g/mol. The van der Waals surface area contributed by atoms with Crippen LogP contribution < -0.4 is 15.5 Å². The molecule has 0 aromatic heterocycles. The van der Waals surface area contributed by atoms with Crippen molar-refractivity contribution in [2.75, 3.05) is 30.9 Å². The lowest BCUT2D eigenvalue weighted by Gasteiger charge is -2.13. The van der Waals surface area contributed by atoms with Gasteiger partial charge in [-0.2, -0.15) is 0 Å². The zero-order valence-corrected chi connectivity index (χ0v) is 10.9. The van der Waals surface area contributed by atoms with Crippen LogP contribution in [-0.2, 0) is 4.79 Å². The van der Waals surface area contributed by atoms with Crippen LogP contribution in [0.3, 0.4) is 0 Å². The summed E-state index contributed by atoms with van der Waals surface area (Å²) in [6.45, 7) is 4.37. The van der Waals surface area contributed by atoms with E-state index in [1.54, 1.807) is 0 Å². The average Bonchev–Trinajstić information content (AvgIpc) is 2.27. The molecule has 0 heterocycles. The second-order valence-electron chi connectivity index (χ2n) is 4.53. The summed E-state index contributed by atoms with van der Waals surface area (Å²) >= 11 is 0. The largest absolute Gasteiger partial charge is 0.378 e. The number of hydrogen-bond donors (Lipinski definition) is 2. The predicted octanol–water partition coefficient (Wildman–Crippen LogP) is 1.69. The van der Waals surface area contributed by atoms with Crippen molar-refractivity contribution in [3.8, 4) is 0 Å². The van der Waals surface area contributed by atoms with Crippen LogP contribution in [0.15, 0.2) is 24.3 Å². The zero-order valence-electron chi connectivity index (χ0n) is 10.9. The molecule has 4 nitrogen and oxygen atoms in total. The SMILES string of the molecule is CC(C)NCC(=O)Nc1ccc(N(C)C)cc1. The Bertz CT molecular complexity index is 357. The van der Waals surface area contributed by atoms with Crippen molar-refractivity contribution in [3.63, 3.8) is 0 Å². The lowest BCUT2D eigenvalue weighted by molar-refractivity contribution is -0.115. The molecule has 0 saturated carbocycles. The molecular weight excluding hydrogens is 214 g/mol. The Kier molecular flexibility index (Phi) is 4.97. The summed E-state index contributed by atoms with van der Waals surface area (Å²) in [6, 6.07) is 8.08. The van der Waals surface area contributed by atoms with Crippen LogP contribution >= 0.6 is 0 Å². The number of amides is 1. The molecule has 0 atom stereocenters. The second-order valence-corrected chi connectivity index (χ2v) is 4.53. The van der Waals surface area contributed by atoms with Gasteiger partial charge in [0.25, 0.3) is 0 Å². The first kappa shape index (κ1) is 13.5. The summed E-state index contributed by atoms with van der Waals surface area (Å²) in [6.07, 6.45) is 0. The standard InChI is InChI=1S/C13H21N3O/c1-10(2)14-9-13(17)15-11-5-7-12(8-6-11)16(3)4/h5-8,10,14H,9H2,1-4H3,(H,15,17). The molecule has 1 amide bonds. The second kappa shape index (κ2) is 6.25. The smallest absolute Gasteiger partial charge is 0.238 e. The maximum absolute atomic E-state index is 11.6. The number of carbonyl (C=O) groups is 1. The average molecular weight is 235 g/mol. The van der Waals surface area contributed by atoms with E-state index in [1.165, 1.54) is 0 Å². The number of carbonyl (C=O) groups excluding carboxylic acids is 1. The molecular formula is C13H21N3O. The fourth-order valence-corrected chi connectivity index (χ4v) is 1.34. The molecule has 0 spiro atoms. The number of rotatable bonds is 5. The number of nitrogens with zero attached hydrogens (tertiary/aromatic N) is 1. The van der Waals surface area contributed by atoms with Gasteiger partial charge >= 0.3 is 0 Å². The highest BCUT2D eigenvalue weighted by atomic mass is 16.1. The van der Waals surface area contributed by atoms with Crippen LogP contribution in [-0.4, -0.2) is 32.6 Å². The highest BCUT2D eigenvalue weighted by Crippen LogP contribution is 2.15. The first-order valence-corrected chi connectivity index (χ1v) is 5.79. The normalized spacial score (nSPS) is 10.4. The van der Waals surface area contributed by atoms with Crippen molar-refractivity contribution in [1.29, 1.82) is 0 Å². The number of nitrogens with one attached hydrogen (secondary N) is 2. The van der Waals surface area contributed by atoms with Gasteiger partial charge in [0, 0.05) is 31.5 Å². The molecule has 1 aromatic carbocycles. The Balaban J connectivity index is 2.48. The van der Waals surface area contributed by atoms with Crippen molar-refractivity contribution in [2.45, 2.75) is 19.9 Å². The van der Waals surface area contributed by atoms with Crippen molar-refractivity contribution >= 4 is 17.3 Å². The Morgan fingerprint density at radius 2 is 1.82 bits per heavy atom. The molecule has 1 rings (SSSR count). The van der Waals surface area contributed by atoms with E-state index in [-0.39, 0.29) is 5.91 Å². The Morgan fingerprint density at radius 1 is 1.24 bits per heavy atom. The van der Waals surface area contributed by atoms with Crippen LogP contribution in [0.2, 0.25) is 0 Å². The topological polar surface area (TPSA) is 44.4 Å². The van der Waals surface area contributed by atoms with Gasteiger partial charge in [-0.1, -0.05) is 13.8 Å². The summed E-state index contributed by atoms with van der Waals surface area (Å²) in [4.78, 5) is 13.6. The van der Waals surface area contributed by atoms with Gasteiger partial charge in [0.15, 0.2) is 0 Å². The van der Waals surface area contributed by atoms with Gasteiger partial charge in [0.05, 0.1) is 6.54 Å². The molecule has 0 unspecified atom stereocenters. The van der Waals surface area contributed by atoms with E-state index >= 15 is 0 Å². The molecule has 4 heteroatoms. The van der Waals surface area contributed by atoms with Crippen LogP contribution in [0.4, 0.5) is 11.4 Å². The highest BCUT2D eigenvalue weighted by molar-refractivity contribution is 5.92. The van der Waals surface area contributed by atoms with E-state index in [1.807, 2.05) is 57.1 Å². The molecule has 94 valence electrons. The lowest BCUT2D eigenvalue weighted by Crippen LogP contribution is -2.32. The molecule has 0 saturated heterocycles. The van der Waals surface area contributed by atoms with Crippen molar-refractivity contribution in [1.82, 2.24) is 5.32 Å². The van der Waals surface area contributed by atoms with E-state index in [4.69, 9.17) is 0 Å². The molecule has 0 fully saturated rings. The summed E-state index contributed by atoms with van der Waals surface area (Å²) in [5, 5.41) is 5.92. The Labute approximate surface area is 103 Å². The van der Waals surface area contributed by atoms with E-state index in [2.05, 4.69) is 10.6 Å². The van der Waals surface area contributed by atoms with Crippen molar-refractivity contribution in [2.24, 2.45) is 0 Å². The molecule has 0 bridgehead atoms. The van der Waals surface area contributed by atoms with Crippen LogP contribution in [0.25, 0.3) is 0 Å². The van der Waals surface area contributed by atoms with Crippen LogP contribution in [0.5, 0.6) is 0 Å². The molecule has 0 radical (unpaired) electrons. The predicted molar refractivity (Wildman–Crippen MR) is 72.5 cm³/mol.